The molecule has 4 rings (SSSR count). The van der Waals surface area contributed by atoms with E-state index in [0.29, 0.717) is 4.68 Å². The van der Waals surface area contributed by atoms with Gasteiger partial charge in [-0.25, -0.2) is 9.07 Å². The summed E-state index contributed by atoms with van der Waals surface area (Å²) in [5, 5.41) is 7.64. The fourth-order valence-electron chi connectivity index (χ4n) is 2.87. The number of nitrogens with zero attached hydrogens (tertiary/aromatic N) is 3. The van der Waals surface area contributed by atoms with Crippen molar-refractivity contribution in [3.8, 4) is 28.3 Å². The van der Waals surface area contributed by atoms with Gasteiger partial charge in [0.1, 0.15) is 11.5 Å². The van der Waals surface area contributed by atoms with Crippen LogP contribution in [0.2, 0.25) is 10.0 Å². The Labute approximate surface area is 171 Å². The van der Waals surface area contributed by atoms with Gasteiger partial charge in [-0.2, -0.15) is 18.3 Å². The molecule has 148 valence electrons. The molecule has 0 bridgehead atoms. The molecule has 2 aromatic heterocycles. The van der Waals surface area contributed by atoms with E-state index in [1.54, 1.807) is 6.07 Å². The van der Waals surface area contributed by atoms with Crippen molar-refractivity contribution in [3.05, 3.63) is 76.3 Å². The SMILES string of the molecule is Fc1cccc(Cl)c1-c1cc(-c2cnn(-c3ccccc3Cl)c2C(F)(F)F)on1. The van der Waals surface area contributed by atoms with Crippen LogP contribution in [-0.2, 0) is 6.18 Å². The van der Waals surface area contributed by atoms with Crippen molar-refractivity contribution in [1.82, 2.24) is 14.9 Å². The van der Waals surface area contributed by atoms with E-state index in [9.17, 15) is 17.6 Å². The van der Waals surface area contributed by atoms with Crippen LogP contribution in [0.5, 0.6) is 0 Å². The Bertz CT molecular complexity index is 1180. The normalized spacial score (nSPS) is 11.8. The number of hydrogen-bond acceptors (Lipinski definition) is 3. The first-order valence-corrected chi connectivity index (χ1v) is 8.84. The molecule has 0 aliphatic carbocycles. The van der Waals surface area contributed by atoms with Crippen LogP contribution in [0.15, 0.2) is 59.3 Å². The third-order valence-corrected chi connectivity index (χ3v) is 4.75. The summed E-state index contributed by atoms with van der Waals surface area (Å²) in [6.45, 7) is 0. The number of rotatable bonds is 3. The van der Waals surface area contributed by atoms with Gasteiger partial charge in [0, 0.05) is 6.07 Å². The van der Waals surface area contributed by atoms with Gasteiger partial charge in [0.25, 0.3) is 0 Å². The first-order chi connectivity index (χ1) is 13.8. The minimum atomic E-state index is -4.78. The van der Waals surface area contributed by atoms with Gasteiger partial charge in [-0.15, -0.1) is 0 Å². The predicted molar refractivity (Wildman–Crippen MR) is 99.5 cm³/mol. The summed E-state index contributed by atoms with van der Waals surface area (Å²) in [5.41, 5.74) is -1.54. The van der Waals surface area contributed by atoms with Gasteiger partial charge in [-0.3, -0.25) is 0 Å². The first-order valence-electron chi connectivity index (χ1n) is 8.09. The quantitative estimate of drug-likeness (QED) is 0.334. The monoisotopic (exact) mass is 441 g/mol. The van der Waals surface area contributed by atoms with Gasteiger partial charge in [0.15, 0.2) is 11.5 Å². The topological polar surface area (TPSA) is 43.9 Å². The fourth-order valence-corrected chi connectivity index (χ4v) is 3.35. The molecule has 0 radical (unpaired) electrons. The molecule has 0 amide bonds. The Morgan fingerprint density at radius 2 is 1.69 bits per heavy atom. The maximum absolute atomic E-state index is 14.1. The van der Waals surface area contributed by atoms with Crippen LogP contribution in [0.3, 0.4) is 0 Å². The zero-order valence-electron chi connectivity index (χ0n) is 14.2. The van der Waals surface area contributed by atoms with Crippen molar-refractivity contribution in [3.63, 3.8) is 0 Å². The van der Waals surface area contributed by atoms with Gasteiger partial charge in [0.2, 0.25) is 0 Å². The number of alkyl halides is 3. The molecule has 29 heavy (non-hydrogen) atoms. The summed E-state index contributed by atoms with van der Waals surface area (Å²) in [7, 11) is 0. The van der Waals surface area contributed by atoms with Crippen LogP contribution in [0.25, 0.3) is 28.3 Å². The van der Waals surface area contributed by atoms with Crippen LogP contribution < -0.4 is 0 Å². The van der Waals surface area contributed by atoms with Crippen molar-refractivity contribution < 1.29 is 22.1 Å². The molecule has 2 heterocycles. The van der Waals surface area contributed by atoms with E-state index in [2.05, 4.69) is 10.3 Å². The van der Waals surface area contributed by atoms with Crippen LogP contribution >= 0.6 is 23.2 Å². The molecule has 0 unspecified atom stereocenters. The van der Waals surface area contributed by atoms with E-state index in [4.69, 9.17) is 27.7 Å². The zero-order chi connectivity index (χ0) is 20.8. The molecule has 4 nitrogen and oxygen atoms in total. The lowest BCUT2D eigenvalue weighted by Gasteiger charge is -2.12. The summed E-state index contributed by atoms with van der Waals surface area (Å²) in [6.07, 6.45) is -3.80. The molecular weight excluding hydrogens is 433 g/mol. The number of hydrogen-bond donors (Lipinski definition) is 0. The van der Waals surface area contributed by atoms with Gasteiger partial charge in [-0.1, -0.05) is 46.6 Å². The van der Waals surface area contributed by atoms with Crippen LogP contribution in [0.4, 0.5) is 17.6 Å². The smallest absolute Gasteiger partial charge is 0.356 e. The second kappa shape index (κ2) is 7.20. The van der Waals surface area contributed by atoms with Crippen molar-refractivity contribution in [2.24, 2.45) is 0 Å². The standard InChI is InChI=1S/C19H9Cl2F4N3O/c20-11-4-1-2-7-15(11)28-18(19(23,24)25)10(9-26-28)16-8-14(27-29-16)17-12(21)5-3-6-13(17)22/h1-9H. The lowest BCUT2D eigenvalue weighted by Crippen LogP contribution is -2.14. The van der Waals surface area contributed by atoms with Crippen molar-refractivity contribution >= 4 is 23.2 Å². The molecule has 0 fully saturated rings. The molecule has 2 aromatic carbocycles. The number of halogens is 6. The number of aromatic nitrogens is 3. The molecule has 0 atom stereocenters. The fraction of sp³-hybridized carbons (Fsp3) is 0.0526. The largest absolute Gasteiger partial charge is 0.434 e. The number of benzene rings is 2. The Balaban J connectivity index is 1.87. The van der Waals surface area contributed by atoms with Gasteiger partial charge < -0.3 is 4.52 Å². The minimum absolute atomic E-state index is 0.0401. The highest BCUT2D eigenvalue weighted by atomic mass is 35.5. The lowest BCUT2D eigenvalue weighted by atomic mass is 10.1. The molecule has 0 aliphatic rings. The maximum atomic E-state index is 14.1. The van der Waals surface area contributed by atoms with Gasteiger partial charge in [-0.05, 0) is 24.3 Å². The Morgan fingerprint density at radius 1 is 0.966 bits per heavy atom. The van der Waals surface area contributed by atoms with Crippen LogP contribution in [0.1, 0.15) is 5.69 Å². The van der Waals surface area contributed by atoms with E-state index < -0.39 is 17.7 Å². The molecule has 4 aromatic rings. The Hall–Kier alpha value is -2.84. The summed E-state index contributed by atoms with van der Waals surface area (Å²) in [4.78, 5) is 0. The molecule has 0 saturated heterocycles. The van der Waals surface area contributed by atoms with Crippen molar-refractivity contribution in [1.29, 1.82) is 0 Å². The molecule has 10 heteroatoms. The Morgan fingerprint density at radius 3 is 2.38 bits per heavy atom. The third kappa shape index (κ3) is 3.49. The number of para-hydroxylation sites is 1. The van der Waals surface area contributed by atoms with Gasteiger partial charge >= 0.3 is 6.18 Å². The first kappa shape index (κ1) is 19.5. The van der Waals surface area contributed by atoms with E-state index in [-0.39, 0.29) is 38.3 Å². The van der Waals surface area contributed by atoms with E-state index in [1.807, 2.05) is 0 Å². The summed E-state index contributed by atoms with van der Waals surface area (Å²) < 4.78 is 61.4. The zero-order valence-corrected chi connectivity index (χ0v) is 15.7. The highest BCUT2D eigenvalue weighted by Gasteiger charge is 2.40. The van der Waals surface area contributed by atoms with E-state index in [1.165, 1.54) is 36.4 Å². The highest BCUT2D eigenvalue weighted by molar-refractivity contribution is 6.33. The second-order valence-corrected chi connectivity index (χ2v) is 6.76. The second-order valence-electron chi connectivity index (χ2n) is 5.94. The van der Waals surface area contributed by atoms with Crippen LogP contribution in [0, 0.1) is 5.82 Å². The summed E-state index contributed by atoms with van der Waals surface area (Å²) in [5.74, 6) is -0.926. The van der Waals surface area contributed by atoms with E-state index >= 15 is 0 Å². The highest BCUT2D eigenvalue weighted by Crippen LogP contribution is 2.41. The summed E-state index contributed by atoms with van der Waals surface area (Å²) in [6, 6.07) is 11.1. The molecular formula is C19H9Cl2F4N3O. The van der Waals surface area contributed by atoms with E-state index in [0.717, 1.165) is 12.3 Å². The molecule has 0 N–H and O–H groups in total. The van der Waals surface area contributed by atoms with Crippen molar-refractivity contribution in [2.45, 2.75) is 6.18 Å². The lowest BCUT2D eigenvalue weighted by molar-refractivity contribution is -0.142. The molecule has 0 aliphatic heterocycles. The van der Waals surface area contributed by atoms with Crippen LogP contribution in [-0.4, -0.2) is 14.9 Å². The maximum Gasteiger partial charge on any atom is 0.434 e. The summed E-state index contributed by atoms with van der Waals surface area (Å²) >= 11 is 12.0. The molecule has 0 spiro atoms. The average molecular weight is 442 g/mol. The minimum Gasteiger partial charge on any atom is -0.356 e. The third-order valence-electron chi connectivity index (χ3n) is 4.11. The molecule has 0 saturated carbocycles. The van der Waals surface area contributed by atoms with Gasteiger partial charge in [0.05, 0.1) is 33.1 Å². The average Bonchev–Trinajstić information content (AvgIpc) is 3.28. The van der Waals surface area contributed by atoms with Crippen molar-refractivity contribution in [2.75, 3.05) is 0 Å². The predicted octanol–water partition coefficient (Wildman–Crippen LogP) is 6.66. The Kier molecular flexibility index (Phi) is 4.84.